The summed E-state index contributed by atoms with van der Waals surface area (Å²) >= 11 is 1.53. The van der Waals surface area contributed by atoms with E-state index in [1.54, 1.807) is 4.57 Å². The molecule has 2 atom stereocenters. The van der Waals surface area contributed by atoms with E-state index in [0.29, 0.717) is 18.1 Å². The van der Waals surface area contributed by atoms with Gasteiger partial charge in [0.15, 0.2) is 5.16 Å². The predicted molar refractivity (Wildman–Crippen MR) is 80.8 cm³/mol. The average Bonchev–Trinajstić information content (AvgIpc) is 2.72. The van der Waals surface area contributed by atoms with Crippen molar-refractivity contribution in [2.45, 2.75) is 63.0 Å². The Morgan fingerprint density at radius 3 is 2.85 bits per heavy atom. The minimum Gasteiger partial charge on any atom is -0.300 e. The first-order valence-electron chi connectivity index (χ1n) is 6.94. The highest BCUT2D eigenvalue weighted by Crippen LogP contribution is 2.26. The molecule has 112 valence electrons. The second kappa shape index (κ2) is 7.50. The van der Waals surface area contributed by atoms with E-state index in [-0.39, 0.29) is 10.9 Å². The third kappa shape index (κ3) is 4.39. The van der Waals surface area contributed by atoms with Crippen molar-refractivity contribution in [3.8, 4) is 6.07 Å². The van der Waals surface area contributed by atoms with Crippen molar-refractivity contribution in [2.75, 3.05) is 6.54 Å². The largest absolute Gasteiger partial charge is 0.343 e. The maximum Gasteiger partial charge on any atom is 0.343 e. The molecule has 0 amide bonds. The number of nitrogens with zero attached hydrogens (tertiary/aromatic N) is 3. The fourth-order valence-corrected chi connectivity index (χ4v) is 3.33. The first-order valence-corrected chi connectivity index (χ1v) is 7.81. The Bertz CT molecular complexity index is 518. The van der Waals surface area contributed by atoms with Crippen LogP contribution in [0, 0.1) is 11.3 Å². The van der Waals surface area contributed by atoms with Gasteiger partial charge in [-0.25, -0.2) is 9.89 Å². The maximum absolute atomic E-state index is 11.6. The van der Waals surface area contributed by atoms with Crippen LogP contribution in [0.25, 0.3) is 0 Å². The van der Waals surface area contributed by atoms with E-state index in [1.807, 2.05) is 27.7 Å². The van der Waals surface area contributed by atoms with Crippen molar-refractivity contribution < 1.29 is 0 Å². The van der Waals surface area contributed by atoms with Gasteiger partial charge >= 0.3 is 5.69 Å². The third-order valence-corrected chi connectivity index (χ3v) is 4.08. The molecule has 0 aliphatic heterocycles. The fraction of sp³-hybridized carbons (Fsp3) is 0.769. The molecule has 0 aromatic carbocycles. The Morgan fingerprint density at radius 2 is 2.30 bits per heavy atom. The number of hydrogen-bond donors (Lipinski definition) is 2. The maximum atomic E-state index is 11.6. The van der Waals surface area contributed by atoms with Gasteiger partial charge < -0.3 is 0 Å². The Kier molecular flexibility index (Phi) is 6.30. The second-order valence-electron chi connectivity index (χ2n) is 5.07. The SMILES string of the molecule is CCCn1c(SC(C)CC(C)(C#N)NCC)n[nH]c1=O. The number of hydrogen-bond acceptors (Lipinski definition) is 5. The van der Waals surface area contributed by atoms with E-state index in [2.05, 4.69) is 21.6 Å². The van der Waals surface area contributed by atoms with Crippen LogP contribution in [0.2, 0.25) is 0 Å². The zero-order valence-electron chi connectivity index (χ0n) is 12.6. The van der Waals surface area contributed by atoms with E-state index in [1.165, 1.54) is 11.8 Å². The molecule has 1 aromatic heterocycles. The molecule has 20 heavy (non-hydrogen) atoms. The Morgan fingerprint density at radius 1 is 1.60 bits per heavy atom. The van der Waals surface area contributed by atoms with Gasteiger partial charge in [-0.1, -0.05) is 32.5 Å². The summed E-state index contributed by atoms with van der Waals surface area (Å²) in [6, 6.07) is 2.32. The molecule has 7 heteroatoms. The second-order valence-corrected chi connectivity index (χ2v) is 6.48. The van der Waals surface area contributed by atoms with Crippen LogP contribution in [0.3, 0.4) is 0 Å². The van der Waals surface area contributed by atoms with E-state index in [4.69, 9.17) is 0 Å². The molecule has 0 fully saturated rings. The molecule has 6 nitrogen and oxygen atoms in total. The van der Waals surface area contributed by atoms with Crippen LogP contribution in [0.15, 0.2) is 9.95 Å². The van der Waals surface area contributed by atoms with E-state index >= 15 is 0 Å². The number of H-pyrrole nitrogens is 1. The van der Waals surface area contributed by atoms with Gasteiger partial charge in [0, 0.05) is 11.8 Å². The van der Waals surface area contributed by atoms with Gasteiger partial charge in [-0.2, -0.15) is 5.26 Å². The number of nitrogens with one attached hydrogen (secondary N) is 2. The van der Waals surface area contributed by atoms with Crippen LogP contribution in [-0.4, -0.2) is 32.1 Å². The van der Waals surface area contributed by atoms with Gasteiger partial charge in [0.25, 0.3) is 0 Å². The number of rotatable bonds is 8. The van der Waals surface area contributed by atoms with Crippen molar-refractivity contribution in [1.29, 1.82) is 5.26 Å². The van der Waals surface area contributed by atoms with Crippen molar-refractivity contribution in [1.82, 2.24) is 20.1 Å². The predicted octanol–water partition coefficient (Wildman–Crippen LogP) is 1.74. The molecular formula is C13H23N5OS. The van der Waals surface area contributed by atoms with Gasteiger partial charge in [0.2, 0.25) is 0 Å². The summed E-state index contributed by atoms with van der Waals surface area (Å²) in [4.78, 5) is 11.6. The van der Waals surface area contributed by atoms with Gasteiger partial charge in [-0.05, 0) is 26.3 Å². The van der Waals surface area contributed by atoms with Crippen LogP contribution in [0.5, 0.6) is 0 Å². The highest BCUT2D eigenvalue weighted by Gasteiger charge is 2.26. The summed E-state index contributed by atoms with van der Waals surface area (Å²) < 4.78 is 1.65. The summed E-state index contributed by atoms with van der Waals surface area (Å²) in [5.41, 5.74) is -0.718. The lowest BCUT2D eigenvalue weighted by Crippen LogP contribution is -2.42. The van der Waals surface area contributed by atoms with Crippen LogP contribution in [-0.2, 0) is 6.54 Å². The lowest BCUT2D eigenvalue weighted by atomic mass is 9.98. The number of nitriles is 1. The quantitative estimate of drug-likeness (QED) is 0.714. The lowest BCUT2D eigenvalue weighted by molar-refractivity contribution is 0.429. The van der Waals surface area contributed by atoms with E-state index in [9.17, 15) is 10.1 Å². The molecule has 0 radical (unpaired) electrons. The molecule has 0 spiro atoms. The highest BCUT2D eigenvalue weighted by molar-refractivity contribution is 7.99. The molecule has 1 heterocycles. The van der Waals surface area contributed by atoms with Crippen molar-refractivity contribution in [3.05, 3.63) is 10.5 Å². The van der Waals surface area contributed by atoms with Crippen molar-refractivity contribution in [2.24, 2.45) is 0 Å². The minimum absolute atomic E-state index is 0.170. The molecule has 0 saturated carbocycles. The van der Waals surface area contributed by atoms with Crippen molar-refractivity contribution in [3.63, 3.8) is 0 Å². The fourth-order valence-electron chi connectivity index (χ4n) is 2.16. The summed E-state index contributed by atoms with van der Waals surface area (Å²) in [6.07, 6.45) is 1.57. The van der Waals surface area contributed by atoms with Crippen LogP contribution in [0.4, 0.5) is 0 Å². The lowest BCUT2D eigenvalue weighted by Gasteiger charge is -2.25. The van der Waals surface area contributed by atoms with Gasteiger partial charge in [0.1, 0.15) is 5.54 Å². The van der Waals surface area contributed by atoms with Crippen LogP contribution in [0.1, 0.15) is 40.5 Å². The zero-order chi connectivity index (χ0) is 15.2. The average molecular weight is 297 g/mol. The first-order chi connectivity index (χ1) is 9.45. The monoisotopic (exact) mass is 297 g/mol. The minimum atomic E-state index is -0.548. The van der Waals surface area contributed by atoms with E-state index in [0.717, 1.165) is 13.0 Å². The van der Waals surface area contributed by atoms with Gasteiger partial charge in [0.05, 0.1) is 6.07 Å². The first kappa shape index (κ1) is 16.8. The molecule has 1 aromatic rings. The summed E-state index contributed by atoms with van der Waals surface area (Å²) in [7, 11) is 0. The number of aromatic amines is 1. The smallest absolute Gasteiger partial charge is 0.300 e. The highest BCUT2D eigenvalue weighted by atomic mass is 32.2. The molecule has 0 aliphatic rings. The zero-order valence-corrected chi connectivity index (χ0v) is 13.4. The molecule has 2 N–H and O–H groups in total. The van der Waals surface area contributed by atoms with Crippen molar-refractivity contribution >= 4 is 11.8 Å². The summed E-state index contributed by atoms with van der Waals surface area (Å²) in [6.45, 7) is 9.37. The third-order valence-electron chi connectivity index (χ3n) is 2.99. The Labute approximate surface area is 123 Å². The molecule has 2 unspecified atom stereocenters. The molecule has 0 saturated heterocycles. The normalized spacial score (nSPS) is 15.6. The standard InChI is InChI=1S/C13H23N5OS/c1-5-7-18-11(19)16-17-12(18)20-10(3)8-13(4,9-14)15-6-2/h10,15H,5-8H2,1-4H3,(H,16,19). The summed E-state index contributed by atoms with van der Waals surface area (Å²) in [5, 5.41) is 19.9. The molecule has 0 aliphatic carbocycles. The van der Waals surface area contributed by atoms with E-state index < -0.39 is 5.54 Å². The van der Waals surface area contributed by atoms with Gasteiger partial charge in [-0.3, -0.25) is 9.88 Å². The molecule has 1 rings (SSSR count). The number of aromatic nitrogens is 3. The number of thioether (sulfide) groups is 1. The molecular weight excluding hydrogens is 274 g/mol. The van der Waals surface area contributed by atoms with Crippen LogP contribution < -0.4 is 11.0 Å². The van der Waals surface area contributed by atoms with Crippen LogP contribution >= 0.6 is 11.8 Å². The summed E-state index contributed by atoms with van der Waals surface area (Å²) in [5.74, 6) is 0. The Hall–Kier alpha value is -1.26. The topological polar surface area (TPSA) is 86.5 Å². The Balaban J connectivity index is 2.74. The molecule has 0 bridgehead atoms. The van der Waals surface area contributed by atoms with Gasteiger partial charge in [-0.15, -0.1) is 5.10 Å².